The maximum atomic E-state index is 7.38. The van der Waals surface area contributed by atoms with Crippen LogP contribution >= 0.6 is 0 Å². The summed E-state index contributed by atoms with van der Waals surface area (Å²) in [6.45, 7) is 0. The van der Waals surface area contributed by atoms with Gasteiger partial charge in [0.25, 0.3) is 0 Å². The Morgan fingerprint density at radius 2 is 0.857 bits per heavy atom. The molecule has 0 saturated heterocycles. The molecule has 0 heterocycles. The van der Waals surface area contributed by atoms with Gasteiger partial charge in [0.2, 0.25) is 0 Å². The molecular formula is H9BiO4SrTi. The summed E-state index contributed by atoms with van der Waals surface area (Å²) in [6.07, 6.45) is 0. The third kappa shape index (κ3) is 50.1. The summed E-state index contributed by atoms with van der Waals surface area (Å²) in [5.41, 5.74) is 0. The molecular weight excluding hydrogens is 408 g/mol. The van der Waals surface area contributed by atoms with Gasteiger partial charge in [0, 0.05) is 0 Å². The summed E-state index contributed by atoms with van der Waals surface area (Å²) in [7, 11) is 0. The summed E-state index contributed by atoms with van der Waals surface area (Å²) in [5.74, 6) is 0. The summed E-state index contributed by atoms with van der Waals surface area (Å²) in [6, 6.07) is 0. The second-order valence-corrected chi connectivity index (χ2v) is 2.47. The first kappa shape index (κ1) is 16.5. The van der Waals surface area contributed by atoms with Crippen LogP contribution in [0.15, 0.2) is 0 Å². The van der Waals surface area contributed by atoms with E-state index in [1.165, 1.54) is 0 Å². The molecule has 0 fully saturated rings. The van der Waals surface area contributed by atoms with Gasteiger partial charge in [-0.2, -0.15) is 0 Å². The molecule has 0 bridgehead atoms. The molecule has 0 aromatic rings. The van der Waals surface area contributed by atoms with Gasteiger partial charge >= 0.3 is 105 Å². The predicted octanol–water partition coefficient (Wildman–Crippen LogP) is -4.33. The standard InChI is InChI=1S/Bi.4H2O.Sr.Ti.5H/h;4*1H2;;;;;;;/q;;;;;;+4;;;;;/p-4. The van der Waals surface area contributed by atoms with Crippen LogP contribution in [0.25, 0.3) is 0 Å². The summed E-state index contributed by atoms with van der Waals surface area (Å²) >= 11 is -5.00. The quantitative estimate of drug-likeness (QED) is 0.301. The van der Waals surface area contributed by atoms with E-state index in [0.717, 1.165) is 0 Å². The Morgan fingerprint density at radius 3 is 0.857 bits per heavy atom. The van der Waals surface area contributed by atoms with Gasteiger partial charge in [-0.05, 0) is 0 Å². The molecule has 0 aliphatic rings. The van der Waals surface area contributed by atoms with Crippen LogP contribution in [0.4, 0.5) is 0 Å². The molecule has 0 rings (SSSR count). The average molecular weight is 418 g/mol. The molecule has 0 aliphatic carbocycles. The van der Waals surface area contributed by atoms with Gasteiger partial charge in [-0.15, -0.1) is 0 Å². The van der Waals surface area contributed by atoms with Crippen molar-refractivity contribution in [2.45, 2.75) is 0 Å². The van der Waals surface area contributed by atoms with Crippen molar-refractivity contribution in [3.8, 4) is 0 Å². The van der Waals surface area contributed by atoms with Crippen molar-refractivity contribution >= 4 is 71.7 Å². The molecule has 4 N–H and O–H groups in total. The Morgan fingerprint density at radius 1 is 0.857 bits per heavy atom. The Bertz CT molecular complexity index is 27.2. The van der Waals surface area contributed by atoms with Gasteiger partial charge in [0.1, 0.15) is 0 Å². The zero-order chi connectivity index (χ0) is 4.50. The van der Waals surface area contributed by atoms with E-state index in [1.807, 2.05) is 0 Å². The molecule has 0 aromatic heterocycles. The van der Waals surface area contributed by atoms with Crippen LogP contribution in [0.3, 0.4) is 0 Å². The number of rotatable bonds is 0. The van der Waals surface area contributed by atoms with E-state index in [-0.39, 0.29) is 71.7 Å². The molecule has 7 heteroatoms. The minimum atomic E-state index is -5.00. The Hall–Kier alpha value is 2.92. The van der Waals surface area contributed by atoms with E-state index in [2.05, 4.69) is 0 Å². The fourth-order valence-electron chi connectivity index (χ4n) is 0. The molecule has 0 amide bonds. The first-order valence-corrected chi connectivity index (χ1v) is 3.69. The third-order valence-corrected chi connectivity index (χ3v) is 0. The van der Waals surface area contributed by atoms with Crippen molar-refractivity contribution in [3.05, 3.63) is 0 Å². The van der Waals surface area contributed by atoms with E-state index in [1.54, 1.807) is 0 Å². The van der Waals surface area contributed by atoms with E-state index in [4.69, 9.17) is 14.8 Å². The summed E-state index contributed by atoms with van der Waals surface area (Å²) < 4.78 is 29.5. The zero-order valence-electron chi connectivity index (χ0n) is 3.00. The summed E-state index contributed by atoms with van der Waals surface area (Å²) in [5, 5.41) is 0. The monoisotopic (exact) mass is 418 g/mol. The van der Waals surface area contributed by atoms with Crippen LogP contribution in [0.1, 0.15) is 0 Å². The van der Waals surface area contributed by atoms with Crippen molar-refractivity contribution < 1.29 is 32.9 Å². The van der Waals surface area contributed by atoms with Gasteiger partial charge < -0.3 is 0 Å². The minimum absolute atomic E-state index is 0. The predicted molar refractivity (Wildman–Crippen MR) is 27.4 cm³/mol. The molecule has 0 spiro atoms. The van der Waals surface area contributed by atoms with Gasteiger partial charge in [0.05, 0.1) is 0 Å². The van der Waals surface area contributed by atoms with Crippen molar-refractivity contribution in [1.82, 2.24) is 0 Å². The first-order chi connectivity index (χ1) is 2.00. The van der Waals surface area contributed by atoms with Crippen LogP contribution in [0.5, 0.6) is 0 Å². The van der Waals surface area contributed by atoms with Gasteiger partial charge in [-0.1, -0.05) is 0 Å². The molecule has 0 saturated carbocycles. The molecule has 4 nitrogen and oxygen atoms in total. The van der Waals surface area contributed by atoms with Gasteiger partial charge in [-0.25, -0.2) is 0 Å². The second-order valence-electron chi connectivity index (χ2n) is 0.600. The maximum absolute atomic E-state index is 7.38. The Labute approximate surface area is 102 Å². The Balaban J connectivity index is -0.0000000800. The third-order valence-electron chi connectivity index (χ3n) is 0. The van der Waals surface area contributed by atoms with Crippen molar-refractivity contribution in [2.24, 2.45) is 0 Å². The van der Waals surface area contributed by atoms with E-state index < -0.39 is 18.1 Å². The normalized spacial score (nSPS) is 8.57. The molecule has 0 radical (unpaired) electrons. The molecule has 0 aromatic carbocycles. The zero-order valence-corrected chi connectivity index (χ0v) is 10.1. The van der Waals surface area contributed by atoms with E-state index in [9.17, 15) is 0 Å². The van der Waals surface area contributed by atoms with Gasteiger partial charge in [0.15, 0.2) is 0 Å². The summed E-state index contributed by atoms with van der Waals surface area (Å²) in [4.78, 5) is 0. The number of hydrogen-bond acceptors (Lipinski definition) is 4. The van der Waals surface area contributed by atoms with Crippen LogP contribution in [-0.4, -0.2) is 86.4 Å². The van der Waals surface area contributed by atoms with Gasteiger partial charge in [-0.3, -0.25) is 0 Å². The van der Waals surface area contributed by atoms with Crippen LogP contribution < -0.4 is 0 Å². The van der Waals surface area contributed by atoms with Crippen molar-refractivity contribution in [2.75, 3.05) is 0 Å². The van der Waals surface area contributed by atoms with Crippen molar-refractivity contribution in [3.63, 3.8) is 0 Å². The first-order valence-electron chi connectivity index (χ1n) is 0.894. The molecule has 7 heavy (non-hydrogen) atoms. The molecule has 0 atom stereocenters. The van der Waals surface area contributed by atoms with E-state index in [0.29, 0.717) is 0 Å². The van der Waals surface area contributed by atoms with Crippen molar-refractivity contribution in [1.29, 1.82) is 0 Å². The number of hydrogen-bond donors (Lipinski definition) is 4. The fraction of sp³-hybridized carbons (Fsp3) is 0. The average Bonchev–Trinajstić information content (AvgIpc) is 0.722. The molecule has 0 unspecified atom stereocenters. The van der Waals surface area contributed by atoms with Crippen LogP contribution in [0, 0.1) is 0 Å². The second kappa shape index (κ2) is 7.03. The fourth-order valence-corrected chi connectivity index (χ4v) is 0. The molecule has 0 aliphatic heterocycles. The van der Waals surface area contributed by atoms with E-state index >= 15 is 0 Å². The van der Waals surface area contributed by atoms with Crippen LogP contribution in [0.2, 0.25) is 0 Å². The topological polar surface area (TPSA) is 80.9 Å². The van der Waals surface area contributed by atoms with Crippen LogP contribution in [-0.2, 0) is 18.1 Å². The molecule has 44 valence electrons. The Kier molecular flexibility index (Phi) is 16.6. The SMILES string of the molecule is [BiH3].[OH][Ti]([OH])([OH])[OH].[SrH2].